The van der Waals surface area contributed by atoms with Crippen molar-refractivity contribution in [3.63, 3.8) is 0 Å². The highest BCUT2D eigenvalue weighted by molar-refractivity contribution is 9.10. The van der Waals surface area contributed by atoms with Gasteiger partial charge in [-0.1, -0.05) is 72.8 Å². The summed E-state index contributed by atoms with van der Waals surface area (Å²) in [6, 6.07) is 24.0. The minimum atomic E-state index is -1.45. The molecule has 0 spiro atoms. The lowest BCUT2D eigenvalue weighted by Gasteiger charge is -2.14. The van der Waals surface area contributed by atoms with Crippen molar-refractivity contribution in [1.82, 2.24) is 0 Å². The van der Waals surface area contributed by atoms with E-state index >= 15 is 0 Å². The third-order valence-electron chi connectivity index (χ3n) is 4.36. The lowest BCUT2D eigenvalue weighted by molar-refractivity contribution is 0.426. The first-order valence-electron chi connectivity index (χ1n) is 7.72. The van der Waals surface area contributed by atoms with Crippen molar-refractivity contribution in [3.8, 4) is 11.1 Å². The van der Waals surface area contributed by atoms with Gasteiger partial charge < -0.3 is 10.0 Å². The number of benzene rings is 4. The molecule has 0 aliphatic rings. The van der Waals surface area contributed by atoms with Crippen molar-refractivity contribution in [2.45, 2.75) is 0 Å². The average molecular weight is 377 g/mol. The molecule has 0 heterocycles. The number of hydrogen-bond donors (Lipinski definition) is 2. The fraction of sp³-hybridized carbons (Fsp3) is 0. The highest BCUT2D eigenvalue weighted by Crippen LogP contribution is 2.41. The fourth-order valence-electron chi connectivity index (χ4n) is 3.21. The van der Waals surface area contributed by atoms with Gasteiger partial charge in [0.1, 0.15) is 0 Å². The summed E-state index contributed by atoms with van der Waals surface area (Å²) in [5.41, 5.74) is 2.70. The molecule has 0 unspecified atom stereocenters. The molecule has 0 radical (unpaired) electrons. The predicted molar refractivity (Wildman–Crippen MR) is 104 cm³/mol. The number of rotatable bonds is 2. The molecule has 0 bridgehead atoms. The van der Waals surface area contributed by atoms with Gasteiger partial charge in [-0.25, -0.2) is 0 Å². The van der Waals surface area contributed by atoms with Gasteiger partial charge in [-0.15, -0.1) is 0 Å². The van der Waals surface area contributed by atoms with Crippen LogP contribution in [0.2, 0.25) is 0 Å². The Hall–Kier alpha value is -2.14. The van der Waals surface area contributed by atoms with Crippen molar-refractivity contribution in [2.24, 2.45) is 0 Å². The third-order valence-corrected chi connectivity index (χ3v) is 5.22. The van der Waals surface area contributed by atoms with Gasteiger partial charge in [-0.2, -0.15) is 0 Å². The molecular weight excluding hydrogens is 363 g/mol. The Morgan fingerprint density at radius 2 is 1.08 bits per heavy atom. The van der Waals surface area contributed by atoms with Crippen LogP contribution in [0.3, 0.4) is 0 Å². The summed E-state index contributed by atoms with van der Waals surface area (Å²) in [5.74, 6) is 0. The maximum Gasteiger partial charge on any atom is 0.488 e. The number of halogens is 1. The molecule has 4 aromatic rings. The molecule has 116 valence electrons. The number of fused-ring (bicyclic) bond motifs is 2. The molecule has 0 aromatic heterocycles. The van der Waals surface area contributed by atoms with E-state index in [0.29, 0.717) is 5.46 Å². The predicted octanol–water partition coefficient (Wildman–Crippen LogP) is 4.10. The summed E-state index contributed by atoms with van der Waals surface area (Å²) in [5, 5.41) is 23.3. The summed E-state index contributed by atoms with van der Waals surface area (Å²) in [4.78, 5) is 0. The Labute approximate surface area is 148 Å². The number of hydrogen-bond acceptors (Lipinski definition) is 2. The van der Waals surface area contributed by atoms with E-state index in [-0.39, 0.29) is 0 Å². The second kappa shape index (κ2) is 6.06. The maximum atomic E-state index is 9.31. The van der Waals surface area contributed by atoms with Crippen LogP contribution in [0.5, 0.6) is 0 Å². The molecule has 0 saturated heterocycles. The molecule has 24 heavy (non-hydrogen) atoms. The van der Waals surface area contributed by atoms with Crippen LogP contribution in [0.25, 0.3) is 32.7 Å². The molecule has 2 N–H and O–H groups in total. The molecule has 2 nitrogen and oxygen atoms in total. The molecule has 0 saturated carbocycles. The zero-order chi connectivity index (χ0) is 16.7. The van der Waals surface area contributed by atoms with Crippen molar-refractivity contribution < 1.29 is 10.0 Å². The summed E-state index contributed by atoms with van der Waals surface area (Å²) in [6.07, 6.45) is 0. The molecule has 0 aliphatic heterocycles. The highest BCUT2D eigenvalue weighted by atomic mass is 79.9. The van der Waals surface area contributed by atoms with E-state index in [1.807, 2.05) is 36.4 Å². The summed E-state index contributed by atoms with van der Waals surface area (Å²) < 4.78 is 1.10. The fourth-order valence-corrected chi connectivity index (χ4v) is 3.90. The molecule has 0 amide bonds. The van der Waals surface area contributed by atoms with E-state index in [0.717, 1.165) is 26.4 Å². The molecule has 0 fully saturated rings. The van der Waals surface area contributed by atoms with Gasteiger partial charge >= 0.3 is 7.12 Å². The van der Waals surface area contributed by atoms with Crippen LogP contribution in [0.1, 0.15) is 0 Å². The van der Waals surface area contributed by atoms with Gasteiger partial charge in [0, 0.05) is 4.47 Å². The Morgan fingerprint density at radius 3 is 1.54 bits per heavy atom. The highest BCUT2D eigenvalue weighted by Gasteiger charge is 2.15. The monoisotopic (exact) mass is 376 g/mol. The molecule has 4 heteroatoms. The van der Waals surface area contributed by atoms with Crippen LogP contribution < -0.4 is 5.46 Å². The van der Waals surface area contributed by atoms with Gasteiger partial charge in [0.15, 0.2) is 0 Å². The van der Waals surface area contributed by atoms with Crippen molar-refractivity contribution >= 4 is 50.1 Å². The Bertz CT molecular complexity index is 986. The van der Waals surface area contributed by atoms with Gasteiger partial charge in [0.05, 0.1) is 0 Å². The van der Waals surface area contributed by atoms with E-state index in [9.17, 15) is 10.0 Å². The van der Waals surface area contributed by atoms with Gasteiger partial charge in [0.25, 0.3) is 0 Å². The first-order chi connectivity index (χ1) is 11.7. The lowest BCUT2D eigenvalue weighted by atomic mass is 9.79. The normalized spacial score (nSPS) is 11.1. The van der Waals surface area contributed by atoms with Gasteiger partial charge in [-0.3, -0.25) is 0 Å². The SMILES string of the molecule is OB(O)c1ccc(-c2c3ccccc3c(Br)c3ccccc23)cc1. The summed E-state index contributed by atoms with van der Waals surface area (Å²) in [6.45, 7) is 0. The first-order valence-corrected chi connectivity index (χ1v) is 8.51. The van der Waals surface area contributed by atoms with E-state index in [4.69, 9.17) is 0 Å². The van der Waals surface area contributed by atoms with E-state index in [1.54, 1.807) is 12.1 Å². The molecule has 0 atom stereocenters. The smallest absolute Gasteiger partial charge is 0.423 e. The maximum absolute atomic E-state index is 9.31. The van der Waals surface area contributed by atoms with Crippen LogP contribution in [-0.4, -0.2) is 17.2 Å². The van der Waals surface area contributed by atoms with Crippen LogP contribution in [-0.2, 0) is 0 Å². The largest absolute Gasteiger partial charge is 0.488 e. The topological polar surface area (TPSA) is 40.5 Å². The van der Waals surface area contributed by atoms with Gasteiger partial charge in [0.2, 0.25) is 0 Å². The third kappa shape index (κ3) is 2.44. The van der Waals surface area contributed by atoms with Crippen molar-refractivity contribution in [1.29, 1.82) is 0 Å². The minimum Gasteiger partial charge on any atom is -0.423 e. The zero-order valence-electron chi connectivity index (χ0n) is 12.8. The standard InChI is InChI=1S/C20H14BBrO2/c22-20-17-7-3-1-5-15(17)19(16-6-2-4-8-18(16)20)13-9-11-14(12-10-13)21(23)24/h1-12,23-24H. The molecule has 4 aromatic carbocycles. The molecular formula is C20H14BBrO2. The van der Waals surface area contributed by atoms with Crippen LogP contribution >= 0.6 is 15.9 Å². The Balaban J connectivity index is 2.10. The van der Waals surface area contributed by atoms with Crippen LogP contribution in [0, 0.1) is 0 Å². The minimum absolute atomic E-state index is 0.490. The van der Waals surface area contributed by atoms with Crippen molar-refractivity contribution in [2.75, 3.05) is 0 Å². The van der Waals surface area contributed by atoms with Crippen molar-refractivity contribution in [3.05, 3.63) is 77.3 Å². The van der Waals surface area contributed by atoms with Crippen LogP contribution in [0.4, 0.5) is 0 Å². The van der Waals surface area contributed by atoms with E-state index < -0.39 is 7.12 Å². The second-order valence-electron chi connectivity index (χ2n) is 5.78. The quantitative estimate of drug-likeness (QED) is 0.408. The Kier molecular flexibility index (Phi) is 3.89. The van der Waals surface area contributed by atoms with Gasteiger partial charge in [-0.05, 0) is 54.1 Å². The lowest BCUT2D eigenvalue weighted by Crippen LogP contribution is -2.29. The first kappa shape index (κ1) is 15.4. The molecule has 4 rings (SSSR count). The van der Waals surface area contributed by atoms with E-state index in [1.165, 1.54) is 10.8 Å². The van der Waals surface area contributed by atoms with E-state index in [2.05, 4.69) is 40.2 Å². The zero-order valence-corrected chi connectivity index (χ0v) is 14.4. The average Bonchev–Trinajstić information content (AvgIpc) is 2.62. The molecule has 0 aliphatic carbocycles. The van der Waals surface area contributed by atoms with Crippen LogP contribution in [0.15, 0.2) is 77.3 Å². The summed E-state index contributed by atoms with van der Waals surface area (Å²) in [7, 11) is -1.45. The summed E-state index contributed by atoms with van der Waals surface area (Å²) >= 11 is 3.75. The second-order valence-corrected chi connectivity index (χ2v) is 6.57. The Morgan fingerprint density at radius 1 is 0.625 bits per heavy atom.